The molecular weight excluding hydrogens is 757 g/mol. The fourth-order valence-electron chi connectivity index (χ4n) is 7.95. The minimum Gasteiger partial charge on any atom is -0.497 e. The molecule has 2 aromatic carbocycles. The molecule has 7 atom stereocenters. The zero-order valence-corrected chi connectivity index (χ0v) is 33.1. The number of carbonyl (C=O) groups excluding carboxylic acids is 3. The first-order valence-electron chi connectivity index (χ1n) is 19.2. The van der Waals surface area contributed by atoms with Crippen LogP contribution in [-0.4, -0.2) is 102 Å². The van der Waals surface area contributed by atoms with Gasteiger partial charge < -0.3 is 34.9 Å². The van der Waals surface area contributed by atoms with E-state index >= 15 is 0 Å². The molecule has 16 nitrogen and oxygen atoms in total. The average Bonchev–Trinajstić information content (AvgIpc) is 4.11. The van der Waals surface area contributed by atoms with Gasteiger partial charge in [0, 0.05) is 24.0 Å². The van der Waals surface area contributed by atoms with Gasteiger partial charge in [-0.3, -0.25) is 19.1 Å². The molecule has 0 unspecified atom stereocenters. The van der Waals surface area contributed by atoms with Gasteiger partial charge in [0.2, 0.25) is 27.7 Å². The van der Waals surface area contributed by atoms with Crippen LogP contribution in [0.15, 0.2) is 54.6 Å². The summed E-state index contributed by atoms with van der Waals surface area (Å²) in [6, 6.07) is 9.99. The summed E-state index contributed by atoms with van der Waals surface area (Å²) in [4.78, 5) is 65.7. The molecular formula is C40H48N6O10S. The van der Waals surface area contributed by atoms with E-state index in [2.05, 4.69) is 15.4 Å². The van der Waals surface area contributed by atoms with Gasteiger partial charge in [-0.2, -0.15) is 4.98 Å². The van der Waals surface area contributed by atoms with Crippen LogP contribution in [0.1, 0.15) is 58.8 Å². The molecule has 0 bridgehead atoms. The minimum atomic E-state index is -3.93. The minimum absolute atomic E-state index is 0.0414. The second-order valence-corrected chi connectivity index (χ2v) is 17.6. The van der Waals surface area contributed by atoms with E-state index in [0.29, 0.717) is 59.5 Å². The van der Waals surface area contributed by atoms with Crippen molar-refractivity contribution < 1.29 is 46.9 Å². The number of hydrogen-bond donors (Lipinski definition) is 4. The van der Waals surface area contributed by atoms with Gasteiger partial charge in [-0.05, 0) is 86.8 Å². The zero-order chi connectivity index (χ0) is 40.6. The molecule has 7 rings (SSSR count). The number of aromatic nitrogens is 2. The molecule has 0 radical (unpaired) electrons. The van der Waals surface area contributed by atoms with E-state index in [1.165, 1.54) is 4.90 Å². The third-order valence-electron chi connectivity index (χ3n) is 11.4. The number of carboxylic acid groups (broad SMARTS) is 1. The quantitative estimate of drug-likeness (QED) is 0.228. The van der Waals surface area contributed by atoms with Crippen molar-refractivity contribution in [2.45, 2.75) is 87.8 Å². The van der Waals surface area contributed by atoms with Gasteiger partial charge >= 0.3 is 6.09 Å². The lowest BCUT2D eigenvalue weighted by molar-refractivity contribution is -0.142. The summed E-state index contributed by atoms with van der Waals surface area (Å²) in [5, 5.41) is 15.0. The normalized spacial score (nSPS) is 28.5. The van der Waals surface area contributed by atoms with E-state index < -0.39 is 74.7 Å². The fraction of sp³-hybridized carbons (Fsp3) is 0.500. The van der Waals surface area contributed by atoms with Crippen molar-refractivity contribution >= 4 is 44.7 Å². The van der Waals surface area contributed by atoms with Crippen LogP contribution in [0.25, 0.3) is 22.3 Å². The number of ether oxygens (including phenoxy) is 3. The molecule has 2 aliphatic heterocycles. The molecule has 1 saturated heterocycles. The first-order chi connectivity index (χ1) is 27.2. The summed E-state index contributed by atoms with van der Waals surface area (Å²) in [6.07, 6.45) is 4.47. The first-order valence-corrected chi connectivity index (χ1v) is 20.8. The molecule has 1 aromatic heterocycles. The van der Waals surface area contributed by atoms with Crippen LogP contribution in [0.3, 0.4) is 0 Å². The average molecular weight is 805 g/mol. The number of fused-ring (bicyclic) bond motifs is 3. The van der Waals surface area contributed by atoms with Crippen LogP contribution >= 0.6 is 0 Å². The predicted octanol–water partition coefficient (Wildman–Crippen LogP) is 3.79. The van der Waals surface area contributed by atoms with Gasteiger partial charge in [-0.25, -0.2) is 18.2 Å². The molecule has 3 fully saturated rings. The molecule has 3 heterocycles. The summed E-state index contributed by atoms with van der Waals surface area (Å²) in [5.74, 6) is -1.22. The highest BCUT2D eigenvalue weighted by atomic mass is 32.2. The molecule has 2 saturated carbocycles. The fourth-order valence-corrected chi connectivity index (χ4v) is 9.32. The number of sulfonamides is 1. The van der Waals surface area contributed by atoms with Crippen molar-refractivity contribution in [2.24, 2.45) is 17.8 Å². The van der Waals surface area contributed by atoms with Gasteiger partial charge in [-0.15, -0.1) is 0 Å². The van der Waals surface area contributed by atoms with Crippen molar-refractivity contribution in [2.75, 3.05) is 20.8 Å². The first kappa shape index (κ1) is 39.8. The topological polar surface area (TPSA) is 215 Å². The maximum atomic E-state index is 14.6. The molecule has 57 heavy (non-hydrogen) atoms. The van der Waals surface area contributed by atoms with Crippen LogP contribution < -0.4 is 29.6 Å². The number of hydrogen-bond acceptors (Lipinski definition) is 11. The lowest BCUT2D eigenvalue weighted by atomic mass is 9.88. The summed E-state index contributed by atoms with van der Waals surface area (Å²) in [7, 11) is -0.825. The smallest absolute Gasteiger partial charge is 0.405 e. The summed E-state index contributed by atoms with van der Waals surface area (Å²) >= 11 is 0. The zero-order valence-electron chi connectivity index (χ0n) is 32.3. The van der Waals surface area contributed by atoms with Crippen LogP contribution in [0.5, 0.6) is 17.4 Å². The highest BCUT2D eigenvalue weighted by Crippen LogP contribution is 2.46. The van der Waals surface area contributed by atoms with Gasteiger partial charge in [0.15, 0.2) is 5.82 Å². The Morgan fingerprint density at radius 1 is 0.982 bits per heavy atom. The highest BCUT2D eigenvalue weighted by Gasteiger charge is 2.62. The second kappa shape index (κ2) is 15.8. The van der Waals surface area contributed by atoms with Gasteiger partial charge in [0.1, 0.15) is 35.2 Å². The summed E-state index contributed by atoms with van der Waals surface area (Å²) < 4.78 is 45.3. The highest BCUT2D eigenvalue weighted by molar-refractivity contribution is 7.91. The Hall–Kier alpha value is -5.45. The van der Waals surface area contributed by atoms with Crippen molar-refractivity contribution in [3.05, 3.63) is 54.6 Å². The van der Waals surface area contributed by atoms with Crippen molar-refractivity contribution in [1.29, 1.82) is 0 Å². The van der Waals surface area contributed by atoms with E-state index in [4.69, 9.17) is 24.2 Å². The number of methoxy groups -OCH3 is 2. The monoisotopic (exact) mass is 804 g/mol. The Morgan fingerprint density at radius 2 is 1.70 bits per heavy atom. The Morgan fingerprint density at radius 3 is 2.39 bits per heavy atom. The summed E-state index contributed by atoms with van der Waals surface area (Å²) in [5.41, 5.74) is -0.372. The van der Waals surface area contributed by atoms with Crippen molar-refractivity contribution in [3.63, 3.8) is 0 Å². The van der Waals surface area contributed by atoms with E-state index in [0.717, 1.165) is 6.42 Å². The number of benzene rings is 2. The maximum Gasteiger partial charge on any atom is 0.405 e. The number of carbonyl (C=O) groups is 4. The molecule has 17 heteroatoms. The van der Waals surface area contributed by atoms with E-state index in [1.807, 2.05) is 19.1 Å². The third-order valence-corrected chi connectivity index (χ3v) is 13.2. The molecule has 4 amide bonds. The maximum absolute atomic E-state index is 14.6. The third kappa shape index (κ3) is 8.48. The van der Waals surface area contributed by atoms with Crippen LogP contribution in [0, 0.1) is 17.8 Å². The molecule has 4 N–H and O–H groups in total. The predicted molar refractivity (Wildman–Crippen MR) is 208 cm³/mol. The summed E-state index contributed by atoms with van der Waals surface area (Å²) in [6.45, 7) is 3.71. The SMILES string of the molecule is COc1ccc(-c2nc(O[C@@H]3C[C@H]4C(=O)N[C@]5(C(=O)NS(=O)(=O)C6CC6)C[C@H]5/C=C\CC[C@@H](C)C[C@@H](C)[C@H](NC(=O)O)C(=O)N4C3)c3ccc(OC)cc3n2)cc1. The largest absolute Gasteiger partial charge is 0.497 e. The molecule has 2 aliphatic carbocycles. The molecule has 4 aliphatic rings. The van der Waals surface area contributed by atoms with Gasteiger partial charge in [0.25, 0.3) is 5.91 Å². The van der Waals surface area contributed by atoms with E-state index in [-0.39, 0.29) is 31.2 Å². The van der Waals surface area contributed by atoms with Crippen molar-refractivity contribution in [3.8, 4) is 28.8 Å². The van der Waals surface area contributed by atoms with E-state index in [1.54, 1.807) is 63.6 Å². The number of nitrogens with zero attached hydrogens (tertiary/aromatic N) is 3. The Bertz CT molecular complexity index is 2200. The standard InChI is InChI=1S/C40H48N6O10S/c1-22-7-5-6-8-25-20-40(25,38(49)45-57(52,53)29-14-15-29)44-35(47)32-19-28(21-46(32)37(48)33(23(2)17-22)42-39(50)51)56-36-30-16-13-27(55-4)18-31(30)41-34(43-36)24-9-11-26(54-3)12-10-24/h6,8-13,16,18,22-23,25,28-29,32-33,42H,5,7,14-15,17,19-21H2,1-4H3,(H,44,47)(H,45,49)(H,50,51)/b8-6-/t22-,23-,25-,28-,32+,33+,40-/m1/s1. The molecule has 3 aromatic rings. The van der Waals surface area contributed by atoms with Crippen LogP contribution in [0.2, 0.25) is 0 Å². The van der Waals surface area contributed by atoms with Gasteiger partial charge in [-0.1, -0.05) is 26.0 Å². The Balaban J connectivity index is 1.25. The second-order valence-electron chi connectivity index (χ2n) is 15.6. The van der Waals surface area contributed by atoms with Crippen LogP contribution in [-0.2, 0) is 24.4 Å². The molecule has 304 valence electrons. The van der Waals surface area contributed by atoms with Crippen molar-refractivity contribution in [1.82, 2.24) is 30.2 Å². The number of rotatable bonds is 9. The van der Waals surface area contributed by atoms with Crippen LogP contribution in [0.4, 0.5) is 4.79 Å². The molecule has 0 spiro atoms. The number of amides is 4. The van der Waals surface area contributed by atoms with Gasteiger partial charge in [0.05, 0.1) is 36.9 Å². The Kier molecular flexibility index (Phi) is 11.0. The van der Waals surface area contributed by atoms with E-state index in [9.17, 15) is 32.7 Å². The number of allylic oxidation sites excluding steroid dienone is 1. The lowest BCUT2D eigenvalue weighted by Gasteiger charge is -2.32. The Labute approximate surface area is 330 Å². The number of nitrogens with one attached hydrogen (secondary N) is 3. The lowest BCUT2D eigenvalue weighted by Crippen LogP contribution is -2.59.